The summed E-state index contributed by atoms with van der Waals surface area (Å²) in [5.74, 6) is -0.212. The Kier molecular flexibility index (Phi) is 2.95. The van der Waals surface area contributed by atoms with E-state index in [-0.39, 0.29) is 5.91 Å². The first-order valence-electron chi connectivity index (χ1n) is 5.16. The molecule has 3 heterocycles. The number of hydrogen-bond acceptors (Lipinski definition) is 5. The molecule has 3 aromatic rings. The first-order chi connectivity index (χ1) is 8.83. The Balaban J connectivity index is 1.76. The van der Waals surface area contributed by atoms with Crippen molar-refractivity contribution in [3.05, 3.63) is 47.0 Å². The van der Waals surface area contributed by atoms with Crippen LogP contribution in [0.1, 0.15) is 10.4 Å². The van der Waals surface area contributed by atoms with Crippen molar-refractivity contribution in [2.45, 2.75) is 0 Å². The lowest BCUT2D eigenvalue weighted by Crippen LogP contribution is -2.10. The highest BCUT2D eigenvalue weighted by Crippen LogP contribution is 2.28. The molecule has 0 aliphatic heterocycles. The van der Waals surface area contributed by atoms with Gasteiger partial charge >= 0.3 is 0 Å². The van der Waals surface area contributed by atoms with Crippen LogP contribution in [0.2, 0.25) is 0 Å². The molecule has 4 nitrogen and oxygen atoms in total. The summed E-state index contributed by atoms with van der Waals surface area (Å²) in [6.45, 7) is 0. The lowest BCUT2D eigenvalue weighted by molar-refractivity contribution is 0.102. The van der Waals surface area contributed by atoms with Crippen LogP contribution in [0.4, 0.5) is 5.13 Å². The number of furan rings is 1. The van der Waals surface area contributed by atoms with Gasteiger partial charge in [0.15, 0.2) is 5.13 Å². The van der Waals surface area contributed by atoms with Crippen LogP contribution in [0, 0.1) is 0 Å². The maximum absolute atomic E-state index is 11.8. The van der Waals surface area contributed by atoms with Crippen molar-refractivity contribution in [3.63, 3.8) is 0 Å². The lowest BCUT2D eigenvalue weighted by atomic mass is 10.3. The van der Waals surface area contributed by atoms with E-state index in [4.69, 9.17) is 4.42 Å². The van der Waals surface area contributed by atoms with Gasteiger partial charge in [0.1, 0.15) is 6.26 Å². The molecule has 0 atom stereocenters. The van der Waals surface area contributed by atoms with Gasteiger partial charge in [-0.05, 0) is 17.5 Å². The number of rotatable bonds is 3. The first kappa shape index (κ1) is 11.2. The van der Waals surface area contributed by atoms with Crippen molar-refractivity contribution in [2.75, 3.05) is 5.32 Å². The average Bonchev–Trinajstić information content (AvgIpc) is 3.12. The first-order valence-corrected chi connectivity index (χ1v) is 6.92. The van der Waals surface area contributed by atoms with Gasteiger partial charge in [0.25, 0.3) is 5.91 Å². The maximum Gasteiger partial charge on any atom is 0.260 e. The third kappa shape index (κ3) is 2.20. The van der Waals surface area contributed by atoms with Crippen LogP contribution in [0.5, 0.6) is 0 Å². The summed E-state index contributed by atoms with van der Waals surface area (Å²) in [7, 11) is 0. The fourth-order valence-corrected chi connectivity index (χ4v) is 2.90. The zero-order valence-electron chi connectivity index (χ0n) is 9.12. The van der Waals surface area contributed by atoms with Crippen molar-refractivity contribution < 1.29 is 9.21 Å². The Labute approximate surface area is 111 Å². The lowest BCUT2D eigenvalue weighted by Gasteiger charge is -1.97. The number of amides is 1. The van der Waals surface area contributed by atoms with E-state index < -0.39 is 0 Å². The van der Waals surface area contributed by atoms with Gasteiger partial charge in [-0.2, -0.15) is 0 Å². The molecule has 0 radical (unpaired) electrons. The normalized spacial score (nSPS) is 10.4. The fourth-order valence-electron chi connectivity index (χ4n) is 1.43. The third-order valence-electron chi connectivity index (χ3n) is 2.28. The third-order valence-corrected chi connectivity index (χ3v) is 3.93. The molecule has 0 bridgehead atoms. The number of thiazole rings is 1. The molecule has 0 unspecified atom stereocenters. The minimum atomic E-state index is -0.212. The minimum absolute atomic E-state index is 0.212. The molecular formula is C12H8N2O2S2. The second kappa shape index (κ2) is 4.75. The summed E-state index contributed by atoms with van der Waals surface area (Å²) in [6, 6.07) is 5.59. The molecule has 0 saturated heterocycles. The summed E-state index contributed by atoms with van der Waals surface area (Å²) < 4.78 is 4.86. The van der Waals surface area contributed by atoms with Crippen LogP contribution >= 0.6 is 22.7 Å². The van der Waals surface area contributed by atoms with E-state index in [0.717, 1.165) is 10.6 Å². The van der Waals surface area contributed by atoms with Crippen molar-refractivity contribution >= 4 is 33.7 Å². The standard InChI is InChI=1S/C12H8N2O2S2/c15-11(8-3-4-16-6-8)14-12-13-9(7-18-12)10-2-1-5-17-10/h1-7H,(H,13,14,15). The summed E-state index contributed by atoms with van der Waals surface area (Å²) in [5.41, 5.74) is 1.38. The quantitative estimate of drug-likeness (QED) is 0.793. The van der Waals surface area contributed by atoms with E-state index in [1.54, 1.807) is 17.4 Å². The second-order valence-electron chi connectivity index (χ2n) is 3.48. The van der Waals surface area contributed by atoms with Crippen molar-refractivity contribution in [1.29, 1.82) is 0 Å². The number of carbonyl (C=O) groups excluding carboxylic acids is 1. The molecule has 0 aliphatic rings. The van der Waals surface area contributed by atoms with Gasteiger partial charge in [0.05, 0.1) is 22.4 Å². The number of nitrogens with one attached hydrogen (secondary N) is 1. The van der Waals surface area contributed by atoms with E-state index in [9.17, 15) is 4.79 Å². The second-order valence-corrected chi connectivity index (χ2v) is 5.29. The van der Waals surface area contributed by atoms with Crippen LogP contribution in [0.25, 0.3) is 10.6 Å². The van der Waals surface area contributed by atoms with Gasteiger partial charge in [0, 0.05) is 5.38 Å². The van der Waals surface area contributed by atoms with E-state index >= 15 is 0 Å². The molecule has 0 fully saturated rings. The molecule has 0 aromatic carbocycles. The monoisotopic (exact) mass is 276 g/mol. The summed E-state index contributed by atoms with van der Waals surface area (Å²) in [4.78, 5) is 17.2. The highest BCUT2D eigenvalue weighted by molar-refractivity contribution is 7.16. The molecule has 0 aliphatic carbocycles. The van der Waals surface area contributed by atoms with Gasteiger partial charge < -0.3 is 4.42 Å². The molecule has 1 amide bonds. The highest BCUT2D eigenvalue weighted by atomic mass is 32.1. The van der Waals surface area contributed by atoms with Crippen molar-refractivity contribution in [2.24, 2.45) is 0 Å². The molecule has 0 spiro atoms. The molecule has 3 rings (SSSR count). The minimum Gasteiger partial charge on any atom is -0.472 e. The van der Waals surface area contributed by atoms with Gasteiger partial charge in [-0.1, -0.05) is 6.07 Å². The zero-order chi connectivity index (χ0) is 12.4. The topological polar surface area (TPSA) is 55.1 Å². The van der Waals surface area contributed by atoms with Crippen LogP contribution in [-0.2, 0) is 0 Å². The van der Waals surface area contributed by atoms with Crippen LogP contribution in [0.3, 0.4) is 0 Å². The van der Waals surface area contributed by atoms with Gasteiger partial charge in [-0.15, -0.1) is 22.7 Å². The summed E-state index contributed by atoms with van der Waals surface area (Å²) >= 11 is 3.03. The Hall–Kier alpha value is -1.92. The Morgan fingerprint density at radius 2 is 2.28 bits per heavy atom. The zero-order valence-corrected chi connectivity index (χ0v) is 10.8. The number of hydrogen-bond donors (Lipinski definition) is 1. The Bertz CT molecular complexity index is 641. The number of anilines is 1. The summed E-state index contributed by atoms with van der Waals surface area (Å²) in [5, 5.41) is 7.25. The average molecular weight is 276 g/mol. The predicted octanol–water partition coefficient (Wildman–Crippen LogP) is 3.72. The van der Waals surface area contributed by atoms with Gasteiger partial charge in [-0.25, -0.2) is 4.98 Å². The Morgan fingerprint density at radius 3 is 3.00 bits per heavy atom. The molecule has 0 saturated carbocycles. The van der Waals surface area contributed by atoms with E-state index in [2.05, 4.69) is 10.3 Å². The van der Waals surface area contributed by atoms with E-state index in [0.29, 0.717) is 10.7 Å². The smallest absolute Gasteiger partial charge is 0.260 e. The van der Waals surface area contributed by atoms with Crippen LogP contribution in [0.15, 0.2) is 45.9 Å². The molecule has 90 valence electrons. The molecule has 18 heavy (non-hydrogen) atoms. The van der Waals surface area contributed by atoms with Crippen molar-refractivity contribution in [3.8, 4) is 10.6 Å². The SMILES string of the molecule is O=C(Nc1nc(-c2cccs2)cs1)c1ccoc1. The molecule has 1 N–H and O–H groups in total. The highest BCUT2D eigenvalue weighted by Gasteiger charge is 2.10. The molecular weight excluding hydrogens is 268 g/mol. The van der Waals surface area contributed by atoms with Crippen LogP contribution in [-0.4, -0.2) is 10.9 Å². The van der Waals surface area contributed by atoms with E-state index in [1.165, 1.54) is 23.9 Å². The predicted molar refractivity (Wildman–Crippen MR) is 72.1 cm³/mol. The van der Waals surface area contributed by atoms with Gasteiger partial charge in [0.2, 0.25) is 0 Å². The maximum atomic E-state index is 11.8. The van der Waals surface area contributed by atoms with Crippen LogP contribution < -0.4 is 5.32 Å². The number of aromatic nitrogens is 1. The van der Waals surface area contributed by atoms with Crippen molar-refractivity contribution in [1.82, 2.24) is 4.98 Å². The fraction of sp³-hybridized carbons (Fsp3) is 0. The Morgan fingerprint density at radius 1 is 1.33 bits per heavy atom. The summed E-state index contributed by atoms with van der Waals surface area (Å²) in [6.07, 6.45) is 2.87. The number of thiophene rings is 1. The van der Waals surface area contributed by atoms with Gasteiger partial charge in [-0.3, -0.25) is 10.1 Å². The number of carbonyl (C=O) groups is 1. The molecule has 3 aromatic heterocycles. The largest absolute Gasteiger partial charge is 0.472 e. The number of nitrogens with zero attached hydrogens (tertiary/aromatic N) is 1. The molecule has 6 heteroatoms. The van der Waals surface area contributed by atoms with E-state index in [1.807, 2.05) is 22.9 Å².